The predicted molar refractivity (Wildman–Crippen MR) is 41.6 cm³/mol. The van der Waals surface area contributed by atoms with Gasteiger partial charge in [-0.15, -0.1) is 5.17 Å². The zero-order chi connectivity index (χ0) is 7.97. The molecule has 3 aliphatic heterocycles. The Morgan fingerprint density at radius 2 is 2.50 bits per heavy atom. The Bertz CT molecular complexity index is 262. The minimum Gasteiger partial charge on any atom is -0.364 e. The van der Waals surface area contributed by atoms with Gasteiger partial charge in [0.2, 0.25) is 0 Å². The number of piperazine rings is 1. The highest BCUT2D eigenvalue weighted by atomic mass is 16.7. The van der Waals surface area contributed by atoms with Gasteiger partial charge in [0.1, 0.15) is 6.26 Å². The van der Waals surface area contributed by atoms with Crippen LogP contribution in [0.25, 0.3) is 0 Å². The first-order chi connectivity index (χ1) is 5.95. The number of nitrogens with one attached hydrogen (secondary N) is 1. The second-order valence-electron chi connectivity index (χ2n) is 2.93. The predicted octanol–water partition coefficient (Wildman–Crippen LogP) is -0.403. The lowest BCUT2D eigenvalue weighted by atomic mass is 10.3. The van der Waals surface area contributed by atoms with Crippen molar-refractivity contribution in [3.8, 4) is 0 Å². The fraction of sp³-hybridized carbons (Fsp3) is 0.429. The van der Waals surface area contributed by atoms with Crippen molar-refractivity contribution in [2.45, 2.75) is 0 Å². The third-order valence-corrected chi connectivity index (χ3v) is 2.21. The molecule has 1 N–H and O–H groups in total. The van der Waals surface area contributed by atoms with Gasteiger partial charge < -0.3 is 10.2 Å². The lowest BCUT2D eigenvalue weighted by Crippen LogP contribution is -2.46. The van der Waals surface area contributed by atoms with Crippen molar-refractivity contribution in [1.29, 1.82) is 0 Å². The molecule has 12 heavy (non-hydrogen) atoms. The van der Waals surface area contributed by atoms with Gasteiger partial charge in [-0.25, -0.2) is 0 Å². The molecule has 3 rings (SSSR count). The number of rotatable bonds is 0. The molecule has 0 bridgehead atoms. The Morgan fingerprint density at radius 3 is 3.50 bits per heavy atom. The molecule has 1 saturated heterocycles. The average Bonchev–Trinajstić information content (AvgIpc) is 2.62. The summed E-state index contributed by atoms with van der Waals surface area (Å²) >= 11 is 0. The first kappa shape index (κ1) is 6.19. The molecule has 0 aromatic heterocycles. The van der Waals surface area contributed by atoms with Gasteiger partial charge in [0, 0.05) is 13.1 Å². The Hall–Kier alpha value is -1.36. The molecule has 0 amide bonds. The quantitative estimate of drug-likeness (QED) is 0.529. The van der Waals surface area contributed by atoms with E-state index in [9.17, 15) is 0 Å². The van der Waals surface area contributed by atoms with Gasteiger partial charge in [0.15, 0.2) is 0 Å². The molecule has 0 aliphatic carbocycles. The summed E-state index contributed by atoms with van der Waals surface area (Å²) < 4.78 is 0. The smallest absolute Gasteiger partial charge is 0.142 e. The van der Waals surface area contributed by atoms with Crippen molar-refractivity contribution >= 4 is 0 Å². The van der Waals surface area contributed by atoms with Crippen LogP contribution >= 0.6 is 0 Å². The molecule has 0 unspecified atom stereocenters. The number of hydrogen-bond donors (Lipinski definition) is 1. The largest absolute Gasteiger partial charge is 0.364 e. The molecule has 0 aromatic rings. The molecular weight excluding hydrogens is 156 g/mol. The fourth-order valence-electron chi connectivity index (χ4n) is 1.64. The zero-order valence-electron chi connectivity index (χ0n) is 6.60. The summed E-state index contributed by atoms with van der Waals surface area (Å²) in [5, 5.41) is 9.19. The van der Waals surface area contributed by atoms with Gasteiger partial charge >= 0.3 is 0 Å². The van der Waals surface area contributed by atoms with Gasteiger partial charge in [-0.05, 0) is 0 Å². The summed E-state index contributed by atoms with van der Waals surface area (Å²) in [6.45, 7) is 2.94. The van der Waals surface area contributed by atoms with Crippen LogP contribution < -0.4 is 5.32 Å². The first-order valence-corrected chi connectivity index (χ1v) is 4.06. The minimum atomic E-state index is 0.921. The number of nitrogens with zero attached hydrogens (tertiary/aromatic N) is 3. The van der Waals surface area contributed by atoms with Gasteiger partial charge in [-0.2, -0.15) is 5.12 Å². The van der Waals surface area contributed by atoms with Crippen molar-refractivity contribution in [3.63, 3.8) is 0 Å². The van der Waals surface area contributed by atoms with E-state index >= 15 is 0 Å². The Balaban J connectivity index is 1.90. The van der Waals surface area contributed by atoms with Crippen LogP contribution in [-0.4, -0.2) is 34.9 Å². The van der Waals surface area contributed by atoms with Gasteiger partial charge in [0.05, 0.1) is 24.6 Å². The number of hydroxylamine groups is 1. The van der Waals surface area contributed by atoms with E-state index in [0.29, 0.717) is 0 Å². The molecule has 0 aromatic carbocycles. The van der Waals surface area contributed by atoms with Crippen LogP contribution in [0.3, 0.4) is 0 Å². The maximum absolute atomic E-state index is 5.20. The second kappa shape index (κ2) is 2.07. The molecule has 64 valence electrons. The topological polar surface area (TPSA) is 31.0 Å². The van der Waals surface area contributed by atoms with Crippen LogP contribution in [0.1, 0.15) is 0 Å². The van der Waals surface area contributed by atoms with Crippen LogP contribution in [0.15, 0.2) is 24.4 Å². The molecule has 3 heterocycles. The monoisotopic (exact) mass is 166 g/mol. The summed E-state index contributed by atoms with van der Waals surface area (Å²) in [7, 11) is 0. The molecule has 5 nitrogen and oxygen atoms in total. The maximum Gasteiger partial charge on any atom is 0.142 e. The normalized spacial score (nSPS) is 25.3. The Kier molecular flexibility index (Phi) is 1.07. The van der Waals surface area contributed by atoms with E-state index in [1.54, 1.807) is 11.4 Å². The van der Waals surface area contributed by atoms with Crippen molar-refractivity contribution < 1.29 is 4.84 Å². The first-order valence-electron chi connectivity index (χ1n) is 4.06. The minimum absolute atomic E-state index is 0.921. The van der Waals surface area contributed by atoms with E-state index in [0.717, 1.165) is 19.6 Å². The summed E-state index contributed by atoms with van der Waals surface area (Å²) in [4.78, 5) is 5.20. The van der Waals surface area contributed by atoms with Crippen LogP contribution in [0, 0.1) is 0 Å². The standard InChI is InChI=1S/C7H10N4O/c1-2-9-7(5-8-1)6-11-10(9)3-4-12-11/h3-4,6,8H,1-2,5H2. The van der Waals surface area contributed by atoms with Crippen molar-refractivity contribution in [1.82, 2.24) is 20.6 Å². The molecule has 0 atom stereocenters. The SMILES string of the molecule is C1=CN2N(C=C3CNCCN32)O1. The van der Waals surface area contributed by atoms with E-state index in [4.69, 9.17) is 4.84 Å². The van der Waals surface area contributed by atoms with Gasteiger partial charge in [-0.1, -0.05) is 0 Å². The number of hydrogen-bond acceptors (Lipinski definition) is 5. The molecule has 1 fully saturated rings. The molecule has 0 saturated carbocycles. The van der Waals surface area contributed by atoms with E-state index in [-0.39, 0.29) is 0 Å². The summed E-state index contributed by atoms with van der Waals surface area (Å²) in [6, 6.07) is 0. The van der Waals surface area contributed by atoms with E-state index in [2.05, 4.69) is 10.3 Å². The summed E-state index contributed by atoms with van der Waals surface area (Å²) in [5.41, 5.74) is 1.26. The lowest BCUT2D eigenvalue weighted by Gasteiger charge is -2.33. The van der Waals surface area contributed by atoms with E-state index in [1.165, 1.54) is 5.70 Å². The molecule has 0 radical (unpaired) electrons. The maximum atomic E-state index is 5.20. The average molecular weight is 166 g/mol. The number of fused-ring (bicyclic) bond motifs is 3. The third kappa shape index (κ3) is 0.660. The van der Waals surface area contributed by atoms with Crippen molar-refractivity contribution in [3.05, 3.63) is 24.4 Å². The Labute approximate surface area is 70.4 Å². The van der Waals surface area contributed by atoms with E-state index in [1.807, 2.05) is 17.5 Å². The second-order valence-corrected chi connectivity index (χ2v) is 2.93. The van der Waals surface area contributed by atoms with Gasteiger partial charge in [-0.3, -0.25) is 5.01 Å². The van der Waals surface area contributed by atoms with Crippen molar-refractivity contribution in [2.24, 2.45) is 0 Å². The third-order valence-electron chi connectivity index (χ3n) is 2.21. The van der Waals surface area contributed by atoms with Crippen LogP contribution in [0.4, 0.5) is 0 Å². The van der Waals surface area contributed by atoms with Crippen LogP contribution in [0.5, 0.6) is 0 Å². The Morgan fingerprint density at radius 1 is 1.50 bits per heavy atom. The van der Waals surface area contributed by atoms with Gasteiger partial charge in [0.25, 0.3) is 0 Å². The van der Waals surface area contributed by atoms with E-state index < -0.39 is 0 Å². The molecule has 0 spiro atoms. The summed E-state index contributed by atoms with van der Waals surface area (Å²) in [6.07, 6.45) is 5.58. The van der Waals surface area contributed by atoms with Crippen LogP contribution in [-0.2, 0) is 4.84 Å². The summed E-state index contributed by atoms with van der Waals surface area (Å²) in [5.74, 6) is 0. The number of hydrazine groups is 2. The lowest BCUT2D eigenvalue weighted by molar-refractivity contribution is -0.215. The fourth-order valence-corrected chi connectivity index (χ4v) is 1.64. The highest BCUT2D eigenvalue weighted by Crippen LogP contribution is 2.26. The molecule has 3 aliphatic rings. The van der Waals surface area contributed by atoms with Crippen LogP contribution in [0.2, 0.25) is 0 Å². The van der Waals surface area contributed by atoms with Crippen molar-refractivity contribution in [2.75, 3.05) is 19.6 Å². The highest BCUT2D eigenvalue weighted by Gasteiger charge is 2.32. The molecule has 5 heteroatoms. The highest BCUT2D eigenvalue weighted by molar-refractivity contribution is 5.10. The molecular formula is C7H10N4O. The zero-order valence-corrected chi connectivity index (χ0v) is 6.60.